The Hall–Kier alpha value is -2.34. The largest absolute Gasteiger partial charge is 0.491 e. The second kappa shape index (κ2) is 8.16. The van der Waals surface area contributed by atoms with Crippen molar-refractivity contribution in [3.63, 3.8) is 0 Å². The van der Waals surface area contributed by atoms with E-state index in [1.54, 1.807) is 24.3 Å². The molecule has 134 valence electrons. The monoisotopic (exact) mass is 345 g/mol. The number of hydrogen-bond donors (Lipinski definition) is 2. The molecule has 1 aromatic carbocycles. The minimum Gasteiger partial charge on any atom is -0.491 e. The zero-order valence-electron chi connectivity index (χ0n) is 14.0. The summed E-state index contributed by atoms with van der Waals surface area (Å²) < 4.78 is 11.2. The van der Waals surface area contributed by atoms with Crippen molar-refractivity contribution >= 4 is 17.6 Å². The number of nitrogens with one attached hydrogen (secondary N) is 1. The van der Waals surface area contributed by atoms with Gasteiger partial charge in [-0.05, 0) is 49.9 Å². The highest BCUT2D eigenvalue weighted by Gasteiger charge is 2.33. The summed E-state index contributed by atoms with van der Waals surface area (Å²) >= 11 is 0. The zero-order valence-corrected chi connectivity index (χ0v) is 14.0. The first-order chi connectivity index (χ1) is 12.1. The third-order valence-corrected chi connectivity index (χ3v) is 4.67. The van der Waals surface area contributed by atoms with E-state index in [9.17, 15) is 14.7 Å². The topological polar surface area (TPSA) is 84.9 Å². The van der Waals surface area contributed by atoms with Gasteiger partial charge in [0.1, 0.15) is 12.4 Å². The molecule has 0 spiro atoms. The van der Waals surface area contributed by atoms with Crippen LogP contribution in [0.15, 0.2) is 36.4 Å². The van der Waals surface area contributed by atoms with Gasteiger partial charge in [-0.2, -0.15) is 0 Å². The first kappa shape index (κ1) is 17.5. The fourth-order valence-corrected chi connectivity index (χ4v) is 3.21. The van der Waals surface area contributed by atoms with Gasteiger partial charge in [-0.3, -0.25) is 9.59 Å². The maximum atomic E-state index is 12.4. The Balaban J connectivity index is 1.54. The number of aliphatic carboxylic acids is 1. The minimum atomic E-state index is -0.928. The van der Waals surface area contributed by atoms with Crippen molar-refractivity contribution in [2.75, 3.05) is 18.5 Å². The van der Waals surface area contributed by atoms with Gasteiger partial charge in [0.25, 0.3) is 0 Å². The van der Waals surface area contributed by atoms with Gasteiger partial charge < -0.3 is 19.9 Å². The highest BCUT2D eigenvalue weighted by molar-refractivity contribution is 5.95. The number of allylic oxidation sites excluding steroid dienone is 2. The quantitative estimate of drug-likeness (QED) is 0.775. The molecule has 1 aliphatic carbocycles. The van der Waals surface area contributed by atoms with E-state index in [1.165, 1.54) is 0 Å². The van der Waals surface area contributed by atoms with Crippen molar-refractivity contribution in [2.24, 2.45) is 11.8 Å². The average Bonchev–Trinajstić information content (AvgIpc) is 3.14. The Kier molecular flexibility index (Phi) is 5.71. The summed E-state index contributed by atoms with van der Waals surface area (Å²) in [5.41, 5.74) is 0.633. The number of carboxylic acids is 1. The van der Waals surface area contributed by atoms with Gasteiger partial charge in [-0.15, -0.1) is 0 Å². The second-order valence-corrected chi connectivity index (χ2v) is 6.45. The lowest BCUT2D eigenvalue weighted by Crippen LogP contribution is -2.34. The number of carbonyl (C=O) groups is 2. The molecule has 3 atom stereocenters. The van der Waals surface area contributed by atoms with Crippen molar-refractivity contribution < 1.29 is 24.2 Å². The summed E-state index contributed by atoms with van der Waals surface area (Å²) in [6, 6.07) is 7.11. The number of ether oxygens (including phenoxy) is 2. The van der Waals surface area contributed by atoms with E-state index in [0.29, 0.717) is 25.1 Å². The molecule has 0 aromatic heterocycles. The number of carbonyl (C=O) groups excluding carboxylic acids is 1. The molecule has 0 radical (unpaired) electrons. The predicted octanol–water partition coefficient (Wildman–Crippen LogP) is 2.85. The van der Waals surface area contributed by atoms with Gasteiger partial charge in [0.2, 0.25) is 5.91 Å². The molecule has 6 heteroatoms. The van der Waals surface area contributed by atoms with Gasteiger partial charge in [0.05, 0.1) is 17.9 Å². The predicted molar refractivity (Wildman–Crippen MR) is 92.5 cm³/mol. The molecule has 2 aliphatic rings. The van der Waals surface area contributed by atoms with Crippen LogP contribution in [0.25, 0.3) is 0 Å². The van der Waals surface area contributed by atoms with Crippen LogP contribution in [0.3, 0.4) is 0 Å². The summed E-state index contributed by atoms with van der Waals surface area (Å²) in [4.78, 5) is 23.7. The summed E-state index contributed by atoms with van der Waals surface area (Å²) in [5.74, 6) is -1.68. The van der Waals surface area contributed by atoms with Gasteiger partial charge in [0.15, 0.2) is 0 Å². The van der Waals surface area contributed by atoms with Crippen LogP contribution in [-0.2, 0) is 14.3 Å². The van der Waals surface area contributed by atoms with E-state index in [0.717, 1.165) is 25.2 Å². The molecule has 1 aromatic rings. The normalized spacial score (nSPS) is 25.5. The van der Waals surface area contributed by atoms with Crippen LogP contribution in [0, 0.1) is 11.8 Å². The lowest BCUT2D eigenvalue weighted by Gasteiger charge is -2.24. The van der Waals surface area contributed by atoms with Crippen molar-refractivity contribution in [3.8, 4) is 5.75 Å². The van der Waals surface area contributed by atoms with Gasteiger partial charge in [-0.25, -0.2) is 0 Å². The second-order valence-electron chi connectivity index (χ2n) is 6.45. The standard InChI is InChI=1S/C19H23NO5/c21-18(16-5-1-2-6-17(16)19(22)23)20-13-7-9-14(10-8-13)25-12-15-4-3-11-24-15/h1-2,7-10,15-17H,3-6,11-12H2,(H,20,21)(H,22,23). The lowest BCUT2D eigenvalue weighted by atomic mass is 9.82. The van der Waals surface area contributed by atoms with Crippen molar-refractivity contribution in [1.29, 1.82) is 0 Å². The number of anilines is 1. The number of rotatable bonds is 6. The highest BCUT2D eigenvalue weighted by Crippen LogP contribution is 2.27. The maximum absolute atomic E-state index is 12.4. The van der Waals surface area contributed by atoms with E-state index in [2.05, 4.69) is 5.32 Å². The first-order valence-corrected chi connectivity index (χ1v) is 8.66. The van der Waals surface area contributed by atoms with Gasteiger partial charge >= 0.3 is 5.97 Å². The van der Waals surface area contributed by atoms with Crippen LogP contribution in [0.4, 0.5) is 5.69 Å². The van der Waals surface area contributed by atoms with Crippen molar-refractivity contribution in [1.82, 2.24) is 0 Å². The van der Waals surface area contributed by atoms with Crippen LogP contribution in [0.2, 0.25) is 0 Å². The smallest absolute Gasteiger partial charge is 0.307 e. The Bertz CT molecular complexity index is 634. The maximum Gasteiger partial charge on any atom is 0.307 e. The van der Waals surface area contributed by atoms with Crippen molar-refractivity contribution in [3.05, 3.63) is 36.4 Å². The van der Waals surface area contributed by atoms with E-state index >= 15 is 0 Å². The average molecular weight is 345 g/mol. The van der Waals surface area contributed by atoms with Crippen LogP contribution in [0.5, 0.6) is 5.75 Å². The molecule has 1 amide bonds. The highest BCUT2D eigenvalue weighted by atomic mass is 16.5. The number of carboxylic acid groups (broad SMARTS) is 1. The Morgan fingerprint density at radius 1 is 1.16 bits per heavy atom. The molecule has 1 saturated heterocycles. The zero-order chi connectivity index (χ0) is 17.6. The summed E-state index contributed by atoms with van der Waals surface area (Å²) in [6.45, 7) is 1.33. The molecule has 2 N–H and O–H groups in total. The third kappa shape index (κ3) is 4.60. The molecular formula is C19H23NO5. The molecule has 25 heavy (non-hydrogen) atoms. The molecule has 1 heterocycles. The molecule has 0 bridgehead atoms. The van der Waals surface area contributed by atoms with Crippen LogP contribution in [-0.4, -0.2) is 36.3 Å². The minimum absolute atomic E-state index is 0.159. The van der Waals surface area contributed by atoms with E-state index in [4.69, 9.17) is 9.47 Å². The molecule has 1 aliphatic heterocycles. The van der Waals surface area contributed by atoms with E-state index in [1.807, 2.05) is 12.2 Å². The Labute approximate surface area is 146 Å². The van der Waals surface area contributed by atoms with Crippen LogP contribution in [0.1, 0.15) is 25.7 Å². The number of amides is 1. The number of hydrogen-bond acceptors (Lipinski definition) is 4. The van der Waals surface area contributed by atoms with E-state index in [-0.39, 0.29) is 12.0 Å². The first-order valence-electron chi connectivity index (χ1n) is 8.66. The summed E-state index contributed by atoms with van der Waals surface area (Å²) in [5, 5.41) is 12.1. The van der Waals surface area contributed by atoms with E-state index < -0.39 is 17.8 Å². The Morgan fingerprint density at radius 3 is 2.52 bits per heavy atom. The fraction of sp³-hybridized carbons (Fsp3) is 0.474. The third-order valence-electron chi connectivity index (χ3n) is 4.67. The van der Waals surface area contributed by atoms with Crippen LogP contribution >= 0.6 is 0 Å². The van der Waals surface area contributed by atoms with Crippen molar-refractivity contribution in [2.45, 2.75) is 31.8 Å². The Morgan fingerprint density at radius 2 is 1.88 bits per heavy atom. The van der Waals surface area contributed by atoms with Crippen LogP contribution < -0.4 is 10.1 Å². The molecule has 3 unspecified atom stereocenters. The molecule has 1 fully saturated rings. The molecular weight excluding hydrogens is 322 g/mol. The van der Waals surface area contributed by atoms with Gasteiger partial charge in [0, 0.05) is 12.3 Å². The SMILES string of the molecule is O=C(O)C1CC=CCC1C(=O)Nc1ccc(OCC2CCCO2)cc1. The lowest BCUT2D eigenvalue weighted by molar-refractivity contribution is -0.146. The fourth-order valence-electron chi connectivity index (χ4n) is 3.21. The van der Waals surface area contributed by atoms with Gasteiger partial charge in [-0.1, -0.05) is 12.2 Å². The molecule has 3 rings (SSSR count). The molecule has 6 nitrogen and oxygen atoms in total. The summed E-state index contributed by atoms with van der Waals surface area (Å²) in [7, 11) is 0. The molecule has 0 saturated carbocycles. The number of benzene rings is 1. The summed E-state index contributed by atoms with van der Waals surface area (Å²) in [6.07, 6.45) is 6.79.